The van der Waals surface area contributed by atoms with E-state index in [1.807, 2.05) is 0 Å². The summed E-state index contributed by atoms with van der Waals surface area (Å²) in [7, 11) is 0. The maximum absolute atomic E-state index is 10.8. The van der Waals surface area contributed by atoms with Gasteiger partial charge in [-0.2, -0.15) is 0 Å². The molecule has 232 valence electrons. The van der Waals surface area contributed by atoms with Crippen molar-refractivity contribution in [3.05, 3.63) is 0 Å². The summed E-state index contributed by atoms with van der Waals surface area (Å²) in [5.41, 5.74) is 0.480. The van der Waals surface area contributed by atoms with Crippen molar-refractivity contribution in [1.29, 1.82) is 0 Å². The Morgan fingerprint density at radius 3 is 2.44 bits per heavy atom. The molecule has 0 aromatic rings. The number of morpholine rings is 1. The van der Waals surface area contributed by atoms with E-state index in [4.69, 9.17) is 14.2 Å². The summed E-state index contributed by atoms with van der Waals surface area (Å²) in [5, 5.41) is 21.3. The van der Waals surface area contributed by atoms with E-state index < -0.39 is 11.7 Å². The Kier molecular flexibility index (Phi) is 6.31. The third-order valence-corrected chi connectivity index (χ3v) is 15.1. The smallest absolute Gasteiger partial charge is 0.170 e. The Hall–Kier alpha value is -0.240. The van der Waals surface area contributed by atoms with Crippen molar-refractivity contribution in [3.8, 4) is 0 Å². The Bertz CT molecular complexity index is 1040. The van der Waals surface area contributed by atoms with Gasteiger partial charge in [0.15, 0.2) is 6.29 Å². The molecule has 0 aromatic carbocycles. The Labute approximate surface area is 248 Å². The first-order chi connectivity index (χ1) is 19.4. The second-order valence-corrected chi connectivity index (χ2v) is 17.6. The van der Waals surface area contributed by atoms with E-state index >= 15 is 0 Å². The predicted molar refractivity (Wildman–Crippen MR) is 157 cm³/mol. The number of rotatable bonds is 5. The molecule has 12 atom stereocenters. The van der Waals surface area contributed by atoms with Gasteiger partial charge in [-0.15, -0.1) is 0 Å². The number of hydrogen-bond donors (Lipinski definition) is 2. The van der Waals surface area contributed by atoms with E-state index in [0.29, 0.717) is 28.3 Å². The molecule has 8 fully saturated rings. The molecule has 2 aliphatic heterocycles. The van der Waals surface area contributed by atoms with Gasteiger partial charge < -0.3 is 24.4 Å². The predicted octanol–water partition coefficient (Wildman–Crippen LogP) is 5.53. The van der Waals surface area contributed by atoms with Crippen LogP contribution in [0.2, 0.25) is 0 Å². The highest BCUT2D eigenvalue weighted by molar-refractivity contribution is 5.29. The average Bonchev–Trinajstić information content (AvgIpc) is 3.84. The summed E-state index contributed by atoms with van der Waals surface area (Å²) in [4.78, 5) is 2.61. The molecule has 0 bridgehead atoms. The zero-order chi connectivity index (χ0) is 28.6. The Morgan fingerprint density at radius 1 is 0.902 bits per heavy atom. The lowest BCUT2D eigenvalue weighted by Crippen LogP contribution is -2.56. The first-order valence-corrected chi connectivity index (χ1v) is 17.5. The molecular formula is C35H57NO5. The number of ether oxygens (including phenoxy) is 3. The fourth-order valence-electron chi connectivity index (χ4n) is 12.9. The molecular weight excluding hydrogens is 514 g/mol. The molecule has 2 N–H and O–H groups in total. The number of hydrogen-bond acceptors (Lipinski definition) is 6. The largest absolute Gasteiger partial charge is 0.388 e. The van der Waals surface area contributed by atoms with E-state index in [1.165, 1.54) is 57.8 Å². The van der Waals surface area contributed by atoms with Gasteiger partial charge in [0, 0.05) is 19.1 Å². The average molecular weight is 572 g/mol. The van der Waals surface area contributed by atoms with Gasteiger partial charge in [0.2, 0.25) is 0 Å². The minimum atomic E-state index is -1.12. The lowest BCUT2D eigenvalue weighted by Gasteiger charge is -2.60. The highest BCUT2D eigenvalue weighted by atomic mass is 16.7. The maximum atomic E-state index is 10.8. The van der Waals surface area contributed by atoms with Crippen molar-refractivity contribution in [3.63, 3.8) is 0 Å². The van der Waals surface area contributed by atoms with Crippen molar-refractivity contribution in [1.82, 2.24) is 4.90 Å². The van der Waals surface area contributed by atoms with Gasteiger partial charge in [0.05, 0.1) is 30.5 Å². The van der Waals surface area contributed by atoms with Crippen molar-refractivity contribution >= 4 is 0 Å². The number of fused-ring (bicyclic) bond motifs is 4. The first-order valence-electron chi connectivity index (χ1n) is 17.5. The quantitative estimate of drug-likeness (QED) is 0.452. The zero-order valence-corrected chi connectivity index (χ0v) is 26.4. The molecule has 0 aromatic heterocycles. The molecule has 2 spiro atoms. The summed E-state index contributed by atoms with van der Waals surface area (Å²) in [5.74, 6) is 2.93. The van der Waals surface area contributed by atoms with Crippen LogP contribution in [0.4, 0.5) is 0 Å². The maximum Gasteiger partial charge on any atom is 0.170 e. The van der Waals surface area contributed by atoms with Gasteiger partial charge in [-0.3, -0.25) is 4.90 Å². The van der Waals surface area contributed by atoms with E-state index in [1.54, 1.807) is 13.8 Å². The van der Waals surface area contributed by atoms with Crippen molar-refractivity contribution in [2.24, 2.45) is 45.3 Å². The molecule has 6 saturated carbocycles. The van der Waals surface area contributed by atoms with Gasteiger partial charge in [0.1, 0.15) is 6.10 Å². The van der Waals surface area contributed by atoms with Crippen molar-refractivity contribution in [2.75, 3.05) is 19.7 Å². The van der Waals surface area contributed by atoms with Crippen LogP contribution in [0.5, 0.6) is 0 Å². The molecule has 6 heteroatoms. The van der Waals surface area contributed by atoms with Crippen LogP contribution in [0.25, 0.3) is 0 Å². The van der Waals surface area contributed by atoms with Crippen LogP contribution in [0, 0.1) is 45.3 Å². The minimum absolute atomic E-state index is 0.0526. The van der Waals surface area contributed by atoms with Crippen LogP contribution in [-0.2, 0) is 14.2 Å². The molecule has 2 saturated heterocycles. The highest BCUT2D eigenvalue weighted by Crippen LogP contribution is 2.87. The monoisotopic (exact) mass is 571 g/mol. The fraction of sp³-hybridized carbons (Fsp3) is 1.00. The molecule has 0 amide bonds. The summed E-state index contributed by atoms with van der Waals surface area (Å²) in [6, 6.07) is 0.786. The molecule has 8 aliphatic rings. The molecule has 8 rings (SSSR count). The number of nitrogens with zero attached hydrogens (tertiary/aromatic N) is 1. The van der Waals surface area contributed by atoms with Gasteiger partial charge in [-0.25, -0.2) is 0 Å². The Balaban J connectivity index is 0.981. The first kappa shape index (κ1) is 28.2. The molecule has 6 nitrogen and oxygen atoms in total. The third kappa shape index (κ3) is 4.02. The van der Waals surface area contributed by atoms with E-state index in [9.17, 15) is 10.2 Å². The van der Waals surface area contributed by atoms with Crippen LogP contribution < -0.4 is 0 Å². The van der Waals surface area contributed by atoms with Crippen molar-refractivity contribution in [2.45, 2.75) is 154 Å². The van der Waals surface area contributed by atoms with Crippen LogP contribution >= 0.6 is 0 Å². The zero-order valence-electron chi connectivity index (χ0n) is 26.4. The summed E-state index contributed by atoms with van der Waals surface area (Å²) >= 11 is 0. The minimum Gasteiger partial charge on any atom is -0.388 e. The topological polar surface area (TPSA) is 71.4 Å². The standard InChI is InChI=1S/C35H57NO5/c1-31(2)27-11-9-22-24-18-26-23(8-10-25(40-26)30(37)32(3,4)38)33(24,5)14-15-34(22)20-35(27,34)13-12-28(31)41-29-19-36(16-17-39-29)21-6-7-21/h21-30,37-38H,6-20H2,1-5H3/t22?,23?,24?,25?,26?,27?,28-,29?,30-,33+,34-,35?/m0/s1. The summed E-state index contributed by atoms with van der Waals surface area (Å²) in [6.07, 6.45) is 14.8. The summed E-state index contributed by atoms with van der Waals surface area (Å²) < 4.78 is 19.8. The molecule has 8 unspecified atom stereocenters. The van der Waals surface area contributed by atoms with E-state index in [-0.39, 0.29) is 23.9 Å². The van der Waals surface area contributed by atoms with Gasteiger partial charge in [-0.05, 0) is 136 Å². The van der Waals surface area contributed by atoms with Crippen molar-refractivity contribution < 1.29 is 24.4 Å². The lowest BCUT2D eigenvalue weighted by molar-refractivity contribution is -0.245. The third-order valence-electron chi connectivity index (χ3n) is 15.1. The van der Waals surface area contributed by atoms with E-state index in [2.05, 4.69) is 25.7 Å². The molecule has 41 heavy (non-hydrogen) atoms. The second-order valence-electron chi connectivity index (χ2n) is 17.6. The fourth-order valence-corrected chi connectivity index (χ4v) is 12.9. The highest BCUT2D eigenvalue weighted by Gasteiger charge is 2.80. The van der Waals surface area contributed by atoms with Gasteiger partial charge in [-0.1, -0.05) is 20.8 Å². The molecule has 6 aliphatic carbocycles. The van der Waals surface area contributed by atoms with Crippen LogP contribution in [0.15, 0.2) is 0 Å². The van der Waals surface area contributed by atoms with Gasteiger partial charge in [0.25, 0.3) is 0 Å². The Morgan fingerprint density at radius 2 is 1.68 bits per heavy atom. The second kappa shape index (κ2) is 9.16. The SMILES string of the molecule is CC(C)(O)[C@@H](O)C1CCC2C(CC3C4CCC5C(C)(C)[C@@H](OC6CN(C7CC7)CCO6)CCC56C[C@@]46CC[C@]23C)O1. The molecule has 0 radical (unpaired) electrons. The van der Waals surface area contributed by atoms with Crippen LogP contribution in [-0.4, -0.2) is 77.2 Å². The number of aliphatic hydroxyl groups is 2. The molecule has 2 heterocycles. The van der Waals surface area contributed by atoms with Gasteiger partial charge >= 0.3 is 0 Å². The van der Waals surface area contributed by atoms with Crippen LogP contribution in [0.1, 0.15) is 112 Å². The van der Waals surface area contributed by atoms with Crippen LogP contribution in [0.3, 0.4) is 0 Å². The summed E-state index contributed by atoms with van der Waals surface area (Å²) in [6.45, 7) is 13.9. The normalized spacial score (nSPS) is 53.3. The number of aliphatic hydroxyl groups excluding tert-OH is 1. The van der Waals surface area contributed by atoms with E-state index in [0.717, 1.165) is 62.8 Å². The lowest BCUT2D eigenvalue weighted by atomic mass is 9.46.